The van der Waals surface area contributed by atoms with Gasteiger partial charge in [-0.1, -0.05) is 36.4 Å². The summed E-state index contributed by atoms with van der Waals surface area (Å²) in [5.41, 5.74) is 2.90. The van der Waals surface area contributed by atoms with Crippen molar-refractivity contribution in [3.8, 4) is 5.75 Å². The Bertz CT molecular complexity index is 763. The Balaban J connectivity index is 1.78. The van der Waals surface area contributed by atoms with Gasteiger partial charge in [0.2, 0.25) is 0 Å². The van der Waals surface area contributed by atoms with Crippen LogP contribution in [-0.2, 0) is 11.2 Å². The van der Waals surface area contributed by atoms with Crippen LogP contribution >= 0.6 is 0 Å². The zero-order chi connectivity index (χ0) is 15.1. The first-order valence-corrected chi connectivity index (χ1v) is 7.68. The summed E-state index contributed by atoms with van der Waals surface area (Å²) in [6, 6.07) is 15.1. The number of hydrogen-bond donors (Lipinski definition) is 0. The van der Waals surface area contributed by atoms with Crippen LogP contribution in [0.3, 0.4) is 0 Å². The molecule has 2 aromatic carbocycles. The fourth-order valence-electron chi connectivity index (χ4n) is 3.69. The van der Waals surface area contributed by atoms with Crippen molar-refractivity contribution in [3.05, 3.63) is 65.2 Å². The van der Waals surface area contributed by atoms with Gasteiger partial charge in [0, 0.05) is 5.92 Å². The Kier molecular flexibility index (Phi) is 3.07. The molecule has 3 nitrogen and oxygen atoms in total. The summed E-state index contributed by atoms with van der Waals surface area (Å²) in [4.78, 5) is 25.3. The van der Waals surface area contributed by atoms with E-state index in [-0.39, 0.29) is 11.7 Å². The molecule has 2 unspecified atom stereocenters. The molecule has 0 radical (unpaired) electrons. The number of carbonyl (C=O) groups is 2. The van der Waals surface area contributed by atoms with Gasteiger partial charge < -0.3 is 4.74 Å². The van der Waals surface area contributed by atoms with Crippen LogP contribution in [0.25, 0.3) is 0 Å². The quantitative estimate of drug-likeness (QED) is 0.459. The van der Waals surface area contributed by atoms with E-state index >= 15 is 0 Å². The minimum absolute atomic E-state index is 0.0710. The number of hydrogen-bond acceptors (Lipinski definition) is 3. The second-order valence-electron chi connectivity index (χ2n) is 5.96. The summed E-state index contributed by atoms with van der Waals surface area (Å²) < 4.78 is 5.42. The van der Waals surface area contributed by atoms with Gasteiger partial charge in [0.25, 0.3) is 0 Å². The Morgan fingerprint density at radius 2 is 1.73 bits per heavy atom. The molecule has 0 fully saturated rings. The van der Waals surface area contributed by atoms with Gasteiger partial charge in [-0.15, -0.1) is 0 Å². The number of esters is 1. The molecule has 2 aromatic rings. The highest BCUT2D eigenvalue weighted by molar-refractivity contribution is 6.14. The molecule has 4 rings (SSSR count). The fourth-order valence-corrected chi connectivity index (χ4v) is 3.69. The van der Waals surface area contributed by atoms with Crippen LogP contribution in [0.2, 0.25) is 0 Å². The van der Waals surface area contributed by atoms with E-state index in [4.69, 9.17) is 4.74 Å². The molecule has 0 amide bonds. The van der Waals surface area contributed by atoms with Gasteiger partial charge in [-0.2, -0.15) is 0 Å². The van der Waals surface area contributed by atoms with E-state index in [1.807, 2.05) is 24.3 Å². The van der Waals surface area contributed by atoms with E-state index in [0.717, 1.165) is 24.8 Å². The van der Waals surface area contributed by atoms with Crippen LogP contribution < -0.4 is 4.74 Å². The monoisotopic (exact) mass is 292 g/mol. The molecule has 22 heavy (non-hydrogen) atoms. The molecule has 110 valence electrons. The molecule has 1 aliphatic heterocycles. The molecule has 2 aliphatic rings. The first-order chi connectivity index (χ1) is 10.8. The summed E-state index contributed by atoms with van der Waals surface area (Å²) in [5, 5.41) is 0. The third kappa shape index (κ3) is 1.97. The van der Waals surface area contributed by atoms with Crippen LogP contribution in [0.5, 0.6) is 5.75 Å². The molecule has 0 bridgehead atoms. The number of carbonyl (C=O) groups excluding carboxylic acids is 2. The molecule has 1 aliphatic carbocycles. The maximum Gasteiger partial charge on any atom is 0.322 e. The van der Waals surface area contributed by atoms with E-state index in [0.29, 0.717) is 11.3 Å². The first-order valence-electron chi connectivity index (χ1n) is 7.68. The standard InChI is InChI=1S/C19H16O3/c20-18-15-9-3-4-11-16(15)22-19(21)17(18)14-10-5-7-12-6-1-2-8-13(12)14/h1-4,6,8-9,11,14,17H,5,7,10H2. The second-order valence-corrected chi connectivity index (χ2v) is 5.96. The number of benzene rings is 2. The average Bonchev–Trinajstić information content (AvgIpc) is 2.55. The summed E-state index contributed by atoms with van der Waals surface area (Å²) in [5.74, 6) is -0.911. The predicted octanol–water partition coefficient (Wildman–Crippen LogP) is 3.52. The van der Waals surface area contributed by atoms with Crippen LogP contribution in [0.15, 0.2) is 48.5 Å². The maximum absolute atomic E-state index is 12.8. The van der Waals surface area contributed by atoms with Gasteiger partial charge in [0.1, 0.15) is 11.7 Å². The third-order valence-electron chi connectivity index (χ3n) is 4.72. The van der Waals surface area contributed by atoms with Gasteiger partial charge in [0.15, 0.2) is 5.78 Å². The van der Waals surface area contributed by atoms with Gasteiger partial charge in [-0.05, 0) is 42.5 Å². The predicted molar refractivity (Wildman–Crippen MR) is 82.0 cm³/mol. The zero-order valence-electron chi connectivity index (χ0n) is 12.1. The van der Waals surface area contributed by atoms with Crippen molar-refractivity contribution in [3.63, 3.8) is 0 Å². The minimum atomic E-state index is -0.712. The minimum Gasteiger partial charge on any atom is -0.425 e. The van der Waals surface area contributed by atoms with Crippen molar-refractivity contribution in [2.75, 3.05) is 0 Å². The van der Waals surface area contributed by atoms with Crippen LogP contribution in [-0.4, -0.2) is 11.8 Å². The number of para-hydroxylation sites is 1. The Morgan fingerprint density at radius 1 is 0.955 bits per heavy atom. The largest absolute Gasteiger partial charge is 0.425 e. The van der Waals surface area contributed by atoms with Crippen LogP contribution in [0, 0.1) is 5.92 Å². The molecular formula is C19H16O3. The number of rotatable bonds is 1. The highest BCUT2D eigenvalue weighted by Gasteiger charge is 2.43. The average molecular weight is 292 g/mol. The van der Waals surface area contributed by atoms with Crippen molar-refractivity contribution in [2.45, 2.75) is 25.2 Å². The van der Waals surface area contributed by atoms with Gasteiger partial charge >= 0.3 is 5.97 Å². The summed E-state index contributed by atoms with van der Waals surface area (Å²) in [7, 11) is 0. The molecular weight excluding hydrogens is 276 g/mol. The van der Waals surface area contributed by atoms with Crippen LogP contribution in [0.1, 0.15) is 40.2 Å². The Hall–Kier alpha value is -2.42. The lowest BCUT2D eigenvalue weighted by Crippen LogP contribution is -2.38. The molecule has 0 spiro atoms. The van der Waals surface area contributed by atoms with Gasteiger partial charge in [-0.25, -0.2) is 0 Å². The molecule has 0 aromatic heterocycles. The van der Waals surface area contributed by atoms with Gasteiger partial charge in [-0.3, -0.25) is 9.59 Å². The van der Waals surface area contributed by atoms with Crippen molar-refractivity contribution in [1.29, 1.82) is 0 Å². The molecule has 0 saturated heterocycles. The molecule has 3 heteroatoms. The molecule has 0 N–H and O–H groups in total. The molecule has 1 heterocycles. The normalized spacial score (nSPS) is 23.5. The van der Waals surface area contributed by atoms with Gasteiger partial charge in [0.05, 0.1) is 5.56 Å². The third-order valence-corrected chi connectivity index (χ3v) is 4.72. The highest BCUT2D eigenvalue weighted by Crippen LogP contribution is 2.41. The van der Waals surface area contributed by atoms with E-state index < -0.39 is 11.9 Å². The first kappa shape index (κ1) is 13.3. The number of fused-ring (bicyclic) bond motifs is 2. The highest BCUT2D eigenvalue weighted by atomic mass is 16.5. The van der Waals surface area contributed by atoms with Crippen molar-refractivity contribution >= 4 is 11.8 Å². The molecule has 0 saturated carbocycles. The number of Topliss-reactive ketones (excluding diaryl/α,β-unsaturated/α-hetero) is 1. The zero-order valence-corrected chi connectivity index (χ0v) is 12.1. The van der Waals surface area contributed by atoms with Crippen molar-refractivity contribution in [1.82, 2.24) is 0 Å². The smallest absolute Gasteiger partial charge is 0.322 e. The van der Waals surface area contributed by atoms with Crippen molar-refractivity contribution in [2.24, 2.45) is 5.92 Å². The molecule has 2 atom stereocenters. The lowest BCUT2D eigenvalue weighted by Gasteiger charge is -2.32. The summed E-state index contributed by atoms with van der Waals surface area (Å²) >= 11 is 0. The Morgan fingerprint density at radius 3 is 2.64 bits per heavy atom. The lowest BCUT2D eigenvalue weighted by atomic mass is 9.72. The Labute approximate surface area is 128 Å². The van der Waals surface area contributed by atoms with E-state index in [9.17, 15) is 9.59 Å². The summed E-state index contributed by atoms with van der Waals surface area (Å²) in [6.07, 6.45) is 2.87. The van der Waals surface area contributed by atoms with E-state index in [1.54, 1.807) is 18.2 Å². The lowest BCUT2D eigenvalue weighted by molar-refractivity contribution is -0.138. The fraction of sp³-hybridized carbons (Fsp3) is 0.263. The number of aryl methyl sites for hydroxylation is 1. The van der Waals surface area contributed by atoms with Crippen molar-refractivity contribution < 1.29 is 14.3 Å². The SMILES string of the molecule is O=C1Oc2ccccc2C(=O)C1C1CCCc2ccccc21. The van der Waals surface area contributed by atoms with Crippen LogP contribution in [0.4, 0.5) is 0 Å². The number of ketones is 1. The number of ether oxygens (including phenoxy) is 1. The summed E-state index contributed by atoms with van der Waals surface area (Å²) in [6.45, 7) is 0. The van der Waals surface area contributed by atoms with E-state index in [2.05, 4.69) is 6.07 Å². The van der Waals surface area contributed by atoms with E-state index in [1.165, 1.54) is 5.56 Å². The maximum atomic E-state index is 12.8. The second kappa shape index (κ2) is 5.09. The topological polar surface area (TPSA) is 43.4 Å².